The Kier molecular flexibility index (Phi) is 4.85. The summed E-state index contributed by atoms with van der Waals surface area (Å²) in [4.78, 5) is 0. The van der Waals surface area contributed by atoms with E-state index in [9.17, 15) is 5.11 Å². The monoisotopic (exact) mass is 357 g/mol. The second kappa shape index (κ2) is 6.64. The summed E-state index contributed by atoms with van der Waals surface area (Å²) in [6.07, 6.45) is 0. The lowest BCUT2D eigenvalue weighted by atomic mass is 10.0. The SMILES string of the molecule is C=C(Nc1cccc(Br)c1)c1cc2ccccc2cc1O.O. The summed E-state index contributed by atoms with van der Waals surface area (Å²) >= 11 is 3.44. The summed E-state index contributed by atoms with van der Waals surface area (Å²) in [5.41, 5.74) is 2.28. The molecule has 0 aliphatic rings. The van der Waals surface area contributed by atoms with E-state index in [1.807, 2.05) is 54.6 Å². The smallest absolute Gasteiger partial charge is 0.125 e. The molecule has 4 N–H and O–H groups in total. The summed E-state index contributed by atoms with van der Waals surface area (Å²) in [7, 11) is 0. The van der Waals surface area contributed by atoms with Gasteiger partial charge in [0.2, 0.25) is 0 Å². The highest BCUT2D eigenvalue weighted by Gasteiger charge is 2.08. The predicted molar refractivity (Wildman–Crippen MR) is 96.0 cm³/mol. The van der Waals surface area contributed by atoms with Gasteiger partial charge in [-0.2, -0.15) is 0 Å². The van der Waals surface area contributed by atoms with Gasteiger partial charge in [0.1, 0.15) is 5.75 Å². The van der Waals surface area contributed by atoms with Crippen molar-refractivity contribution in [3.05, 3.63) is 77.3 Å². The zero-order valence-corrected chi connectivity index (χ0v) is 13.4. The van der Waals surface area contributed by atoms with Crippen molar-refractivity contribution in [2.45, 2.75) is 0 Å². The zero-order chi connectivity index (χ0) is 14.8. The maximum absolute atomic E-state index is 10.2. The Hall–Kier alpha value is -2.30. The maximum atomic E-state index is 10.2. The average Bonchev–Trinajstić information content (AvgIpc) is 2.46. The number of anilines is 1. The summed E-state index contributed by atoms with van der Waals surface area (Å²) in [6.45, 7) is 4.03. The van der Waals surface area contributed by atoms with Gasteiger partial charge in [0.15, 0.2) is 0 Å². The van der Waals surface area contributed by atoms with Gasteiger partial charge in [-0.15, -0.1) is 0 Å². The number of hydrogen-bond acceptors (Lipinski definition) is 2. The molecule has 0 fully saturated rings. The van der Waals surface area contributed by atoms with Crippen LogP contribution in [-0.2, 0) is 0 Å². The molecule has 0 amide bonds. The summed E-state index contributed by atoms with van der Waals surface area (Å²) in [5, 5.41) is 15.5. The number of fused-ring (bicyclic) bond motifs is 1. The predicted octanol–water partition coefficient (Wildman–Crippen LogP) is 4.57. The molecule has 0 bridgehead atoms. The molecule has 0 saturated carbocycles. The van der Waals surface area contributed by atoms with Crippen molar-refractivity contribution in [1.82, 2.24) is 0 Å². The van der Waals surface area contributed by atoms with E-state index < -0.39 is 0 Å². The van der Waals surface area contributed by atoms with E-state index in [2.05, 4.69) is 27.8 Å². The zero-order valence-electron chi connectivity index (χ0n) is 11.8. The van der Waals surface area contributed by atoms with E-state index in [1.165, 1.54) is 0 Å². The Morgan fingerprint density at radius 2 is 1.64 bits per heavy atom. The number of phenols is 1. The first-order valence-electron chi connectivity index (χ1n) is 6.57. The van der Waals surface area contributed by atoms with Crippen molar-refractivity contribution in [3.8, 4) is 5.75 Å². The molecule has 3 rings (SSSR count). The van der Waals surface area contributed by atoms with Crippen LogP contribution in [0.3, 0.4) is 0 Å². The van der Waals surface area contributed by atoms with Gasteiger partial charge in [0.25, 0.3) is 0 Å². The highest BCUT2D eigenvalue weighted by atomic mass is 79.9. The quantitative estimate of drug-likeness (QED) is 0.721. The van der Waals surface area contributed by atoms with Gasteiger partial charge in [-0.05, 0) is 41.1 Å². The van der Waals surface area contributed by atoms with E-state index in [0.29, 0.717) is 11.3 Å². The second-order valence-corrected chi connectivity index (χ2v) is 5.75. The summed E-state index contributed by atoms with van der Waals surface area (Å²) in [6, 6.07) is 19.5. The lowest BCUT2D eigenvalue weighted by Gasteiger charge is -2.13. The minimum absolute atomic E-state index is 0. The number of halogens is 1. The minimum atomic E-state index is 0. The molecule has 22 heavy (non-hydrogen) atoms. The van der Waals surface area contributed by atoms with Crippen LogP contribution in [0.1, 0.15) is 5.56 Å². The minimum Gasteiger partial charge on any atom is -0.507 e. The van der Waals surface area contributed by atoms with E-state index in [-0.39, 0.29) is 11.2 Å². The third-order valence-corrected chi connectivity index (χ3v) is 3.80. The molecule has 0 aliphatic carbocycles. The number of phenolic OH excluding ortho intramolecular Hbond substituents is 1. The van der Waals surface area contributed by atoms with Crippen molar-refractivity contribution in [1.29, 1.82) is 0 Å². The summed E-state index contributed by atoms with van der Waals surface area (Å²) in [5.74, 6) is 0.223. The first-order chi connectivity index (χ1) is 10.1. The molecular weight excluding hydrogens is 342 g/mol. The molecule has 0 aliphatic heterocycles. The summed E-state index contributed by atoms with van der Waals surface area (Å²) < 4.78 is 0.989. The van der Waals surface area contributed by atoms with Gasteiger partial charge in [-0.1, -0.05) is 52.8 Å². The lowest BCUT2D eigenvalue weighted by molar-refractivity contribution is 0.474. The number of hydrogen-bond donors (Lipinski definition) is 2. The second-order valence-electron chi connectivity index (χ2n) is 4.83. The fraction of sp³-hybridized carbons (Fsp3) is 0. The van der Waals surface area contributed by atoms with Crippen molar-refractivity contribution >= 4 is 38.1 Å². The fourth-order valence-electron chi connectivity index (χ4n) is 2.28. The van der Waals surface area contributed by atoms with Crippen LogP contribution in [0.25, 0.3) is 16.5 Å². The van der Waals surface area contributed by atoms with Crippen LogP contribution >= 0.6 is 15.9 Å². The molecule has 0 radical (unpaired) electrons. The maximum Gasteiger partial charge on any atom is 0.125 e. The molecule has 112 valence electrons. The van der Waals surface area contributed by atoms with Gasteiger partial charge in [0.05, 0.1) is 0 Å². The number of nitrogens with one attached hydrogen (secondary N) is 1. The van der Waals surface area contributed by atoms with E-state index >= 15 is 0 Å². The molecule has 0 spiro atoms. The Labute approximate surface area is 137 Å². The van der Waals surface area contributed by atoms with E-state index in [0.717, 1.165) is 20.9 Å². The Bertz CT molecular complexity index is 830. The molecular formula is C18H16BrNO2. The first-order valence-corrected chi connectivity index (χ1v) is 7.36. The number of benzene rings is 3. The third-order valence-electron chi connectivity index (χ3n) is 3.31. The van der Waals surface area contributed by atoms with Gasteiger partial charge < -0.3 is 15.9 Å². The first kappa shape index (κ1) is 16.1. The Balaban J connectivity index is 0.00000176. The van der Waals surface area contributed by atoms with Crippen LogP contribution in [0, 0.1) is 0 Å². The highest BCUT2D eigenvalue weighted by molar-refractivity contribution is 9.10. The number of rotatable bonds is 3. The van der Waals surface area contributed by atoms with Crippen LogP contribution in [0.5, 0.6) is 5.75 Å². The van der Waals surface area contributed by atoms with Gasteiger partial charge in [-0.25, -0.2) is 0 Å². The van der Waals surface area contributed by atoms with Crippen molar-refractivity contribution < 1.29 is 10.6 Å². The molecule has 3 aromatic rings. The molecule has 0 aromatic heterocycles. The van der Waals surface area contributed by atoms with Crippen LogP contribution in [0.2, 0.25) is 0 Å². The van der Waals surface area contributed by atoms with Crippen molar-refractivity contribution in [3.63, 3.8) is 0 Å². The lowest BCUT2D eigenvalue weighted by Crippen LogP contribution is -1.97. The third kappa shape index (κ3) is 3.30. The van der Waals surface area contributed by atoms with Crippen molar-refractivity contribution in [2.24, 2.45) is 0 Å². The number of aromatic hydroxyl groups is 1. The van der Waals surface area contributed by atoms with Crippen molar-refractivity contribution in [2.75, 3.05) is 5.32 Å². The van der Waals surface area contributed by atoms with E-state index in [4.69, 9.17) is 0 Å². The van der Waals surface area contributed by atoms with Gasteiger partial charge in [0, 0.05) is 21.4 Å². The van der Waals surface area contributed by atoms with Gasteiger partial charge >= 0.3 is 0 Å². The normalized spacial score (nSPS) is 10.0. The van der Waals surface area contributed by atoms with Gasteiger partial charge in [-0.3, -0.25) is 0 Å². The standard InChI is InChI=1S/C18H14BrNO.H2O/c1-12(20-16-8-4-7-15(19)11-16)17-9-13-5-2-3-6-14(13)10-18(17)21;/h2-11,20-21H,1H2;1H2. The molecule has 3 aromatic carbocycles. The fourth-order valence-corrected chi connectivity index (χ4v) is 2.68. The highest BCUT2D eigenvalue weighted by Crippen LogP contribution is 2.30. The molecule has 4 heteroatoms. The van der Waals surface area contributed by atoms with Crippen LogP contribution in [0.4, 0.5) is 5.69 Å². The van der Waals surface area contributed by atoms with Crippen LogP contribution in [0.15, 0.2) is 71.7 Å². The van der Waals surface area contributed by atoms with E-state index in [1.54, 1.807) is 6.07 Å². The molecule has 0 unspecified atom stereocenters. The molecule has 0 heterocycles. The largest absolute Gasteiger partial charge is 0.507 e. The van der Waals surface area contributed by atoms with Crippen LogP contribution in [-0.4, -0.2) is 10.6 Å². The Morgan fingerprint density at radius 1 is 0.955 bits per heavy atom. The van der Waals surface area contributed by atoms with Crippen LogP contribution < -0.4 is 5.32 Å². The topological polar surface area (TPSA) is 63.8 Å². The Morgan fingerprint density at radius 3 is 2.32 bits per heavy atom. The molecule has 0 saturated heterocycles. The molecule has 0 atom stereocenters. The average molecular weight is 358 g/mol. The molecule has 3 nitrogen and oxygen atoms in total.